The Kier molecular flexibility index (Phi) is 2.93. The molecule has 0 radical (unpaired) electrons. The summed E-state index contributed by atoms with van der Waals surface area (Å²) in [5.41, 5.74) is 4.61. The number of rotatable bonds is 3. The third-order valence-electron chi connectivity index (χ3n) is 2.88. The zero-order chi connectivity index (χ0) is 11.6. The van der Waals surface area contributed by atoms with Crippen molar-refractivity contribution in [1.29, 1.82) is 0 Å². The van der Waals surface area contributed by atoms with E-state index in [1.807, 2.05) is 0 Å². The van der Waals surface area contributed by atoms with Crippen molar-refractivity contribution >= 4 is 5.91 Å². The van der Waals surface area contributed by atoms with Crippen LogP contribution in [0.3, 0.4) is 0 Å². The summed E-state index contributed by atoms with van der Waals surface area (Å²) in [7, 11) is 0. The standard InChI is InChI=1S/C10H16N4O2/c11-9(15)8-1-6-14(13-8)7-10(16)2-4-12-5-3-10/h1,6,12,16H,2-5,7H2,(H2,11,15). The number of nitrogens with two attached hydrogens (primary N) is 1. The highest BCUT2D eigenvalue weighted by atomic mass is 16.3. The number of hydrogen-bond donors (Lipinski definition) is 3. The summed E-state index contributed by atoms with van der Waals surface area (Å²) in [6.45, 7) is 2.02. The fraction of sp³-hybridized carbons (Fsp3) is 0.600. The van der Waals surface area contributed by atoms with Crippen molar-refractivity contribution in [1.82, 2.24) is 15.1 Å². The van der Waals surface area contributed by atoms with Gasteiger partial charge in [-0.2, -0.15) is 5.10 Å². The Labute approximate surface area is 93.4 Å². The molecule has 0 saturated carbocycles. The van der Waals surface area contributed by atoms with Crippen LogP contribution in [0.5, 0.6) is 0 Å². The number of carbonyl (C=O) groups is 1. The third kappa shape index (κ3) is 2.40. The molecule has 1 aromatic heterocycles. The molecule has 16 heavy (non-hydrogen) atoms. The molecule has 0 aromatic carbocycles. The van der Waals surface area contributed by atoms with E-state index in [0.717, 1.165) is 13.1 Å². The van der Waals surface area contributed by atoms with E-state index in [2.05, 4.69) is 10.4 Å². The molecule has 0 atom stereocenters. The molecule has 4 N–H and O–H groups in total. The normalized spacial score (nSPS) is 19.6. The molecule has 6 nitrogen and oxygen atoms in total. The van der Waals surface area contributed by atoms with Gasteiger partial charge >= 0.3 is 0 Å². The first-order valence-electron chi connectivity index (χ1n) is 5.35. The Morgan fingerprint density at radius 1 is 1.62 bits per heavy atom. The van der Waals surface area contributed by atoms with E-state index < -0.39 is 11.5 Å². The minimum Gasteiger partial charge on any atom is -0.388 e. The minimum absolute atomic E-state index is 0.234. The molecule has 6 heteroatoms. The van der Waals surface area contributed by atoms with Gasteiger partial charge in [0.2, 0.25) is 0 Å². The Bertz CT molecular complexity index is 382. The van der Waals surface area contributed by atoms with Gasteiger partial charge in [-0.05, 0) is 32.0 Å². The van der Waals surface area contributed by atoms with E-state index in [1.54, 1.807) is 16.9 Å². The number of hydrogen-bond acceptors (Lipinski definition) is 4. The SMILES string of the molecule is NC(=O)c1ccn(CC2(O)CCNCC2)n1. The maximum Gasteiger partial charge on any atom is 0.269 e. The lowest BCUT2D eigenvalue weighted by Crippen LogP contribution is -2.44. The Morgan fingerprint density at radius 2 is 2.31 bits per heavy atom. The van der Waals surface area contributed by atoms with Crippen LogP contribution >= 0.6 is 0 Å². The van der Waals surface area contributed by atoms with Gasteiger partial charge < -0.3 is 16.2 Å². The van der Waals surface area contributed by atoms with E-state index in [1.165, 1.54) is 0 Å². The molecule has 1 aliphatic rings. The van der Waals surface area contributed by atoms with Crippen LogP contribution < -0.4 is 11.1 Å². The number of nitrogens with zero attached hydrogens (tertiary/aromatic N) is 2. The molecule has 2 heterocycles. The number of piperidine rings is 1. The maximum atomic E-state index is 10.9. The molecule has 1 fully saturated rings. The van der Waals surface area contributed by atoms with Gasteiger partial charge in [0.25, 0.3) is 5.91 Å². The maximum absolute atomic E-state index is 10.9. The smallest absolute Gasteiger partial charge is 0.269 e. The van der Waals surface area contributed by atoms with E-state index in [0.29, 0.717) is 19.4 Å². The fourth-order valence-electron chi connectivity index (χ4n) is 1.93. The van der Waals surface area contributed by atoms with Crippen molar-refractivity contribution < 1.29 is 9.90 Å². The van der Waals surface area contributed by atoms with Crippen LogP contribution in [0.2, 0.25) is 0 Å². The average Bonchev–Trinajstić information content (AvgIpc) is 2.66. The molecule has 1 amide bonds. The molecule has 88 valence electrons. The Hall–Kier alpha value is -1.40. The van der Waals surface area contributed by atoms with Gasteiger partial charge in [-0.1, -0.05) is 0 Å². The topological polar surface area (TPSA) is 93.2 Å². The average molecular weight is 224 g/mol. The van der Waals surface area contributed by atoms with Crippen LogP contribution in [0.15, 0.2) is 12.3 Å². The van der Waals surface area contributed by atoms with E-state index in [9.17, 15) is 9.90 Å². The molecule has 2 rings (SSSR count). The summed E-state index contributed by atoms with van der Waals surface area (Å²) < 4.78 is 1.57. The molecular weight excluding hydrogens is 208 g/mol. The van der Waals surface area contributed by atoms with Gasteiger partial charge in [-0.25, -0.2) is 0 Å². The van der Waals surface area contributed by atoms with Gasteiger partial charge in [0.05, 0.1) is 12.1 Å². The highest BCUT2D eigenvalue weighted by Crippen LogP contribution is 2.19. The predicted molar refractivity (Wildman–Crippen MR) is 57.8 cm³/mol. The van der Waals surface area contributed by atoms with Crippen molar-refractivity contribution in [2.24, 2.45) is 5.73 Å². The second-order valence-electron chi connectivity index (χ2n) is 4.24. The number of amides is 1. The second-order valence-corrected chi connectivity index (χ2v) is 4.24. The first-order chi connectivity index (χ1) is 7.59. The van der Waals surface area contributed by atoms with Crippen LogP contribution in [0.1, 0.15) is 23.3 Å². The lowest BCUT2D eigenvalue weighted by molar-refractivity contribution is -0.00831. The van der Waals surface area contributed by atoms with Gasteiger partial charge in [0.15, 0.2) is 0 Å². The van der Waals surface area contributed by atoms with Crippen LogP contribution in [0.25, 0.3) is 0 Å². The quantitative estimate of drug-likeness (QED) is 0.620. The molecule has 0 unspecified atom stereocenters. The summed E-state index contributed by atoms with van der Waals surface area (Å²) in [5.74, 6) is -0.545. The van der Waals surface area contributed by atoms with Gasteiger partial charge in [0, 0.05) is 6.20 Å². The lowest BCUT2D eigenvalue weighted by atomic mass is 9.92. The van der Waals surface area contributed by atoms with Crippen LogP contribution in [-0.2, 0) is 6.54 Å². The largest absolute Gasteiger partial charge is 0.388 e. The minimum atomic E-state index is -0.730. The summed E-state index contributed by atoms with van der Waals surface area (Å²) in [5, 5.41) is 17.5. The Balaban J connectivity index is 2.04. The molecule has 0 aliphatic carbocycles. The number of carbonyl (C=O) groups excluding carboxylic acids is 1. The molecule has 0 spiro atoms. The van der Waals surface area contributed by atoms with Gasteiger partial charge in [-0.3, -0.25) is 9.48 Å². The Morgan fingerprint density at radius 3 is 2.88 bits per heavy atom. The monoisotopic (exact) mass is 224 g/mol. The van der Waals surface area contributed by atoms with Crippen molar-refractivity contribution in [3.8, 4) is 0 Å². The summed E-state index contributed by atoms with van der Waals surface area (Å²) in [6, 6.07) is 1.56. The zero-order valence-corrected chi connectivity index (χ0v) is 9.02. The number of primary amides is 1. The zero-order valence-electron chi connectivity index (χ0n) is 9.02. The van der Waals surface area contributed by atoms with Crippen molar-refractivity contribution in [2.75, 3.05) is 13.1 Å². The highest BCUT2D eigenvalue weighted by molar-refractivity contribution is 5.90. The van der Waals surface area contributed by atoms with Gasteiger partial charge in [-0.15, -0.1) is 0 Å². The van der Waals surface area contributed by atoms with E-state index in [-0.39, 0.29) is 5.69 Å². The molecular formula is C10H16N4O2. The number of aromatic nitrogens is 2. The van der Waals surface area contributed by atoms with Crippen molar-refractivity contribution in [2.45, 2.75) is 25.0 Å². The first kappa shape index (κ1) is 11.1. The summed E-state index contributed by atoms with van der Waals surface area (Å²) in [4.78, 5) is 10.9. The fourth-order valence-corrected chi connectivity index (χ4v) is 1.93. The number of nitrogens with one attached hydrogen (secondary N) is 1. The predicted octanol–water partition coefficient (Wildman–Crippen LogP) is -0.904. The van der Waals surface area contributed by atoms with Crippen LogP contribution in [0.4, 0.5) is 0 Å². The molecule has 1 aromatic rings. The van der Waals surface area contributed by atoms with Gasteiger partial charge in [0.1, 0.15) is 5.69 Å². The van der Waals surface area contributed by atoms with Crippen molar-refractivity contribution in [3.05, 3.63) is 18.0 Å². The third-order valence-corrected chi connectivity index (χ3v) is 2.88. The van der Waals surface area contributed by atoms with E-state index in [4.69, 9.17) is 5.73 Å². The van der Waals surface area contributed by atoms with E-state index >= 15 is 0 Å². The molecule has 1 saturated heterocycles. The first-order valence-corrected chi connectivity index (χ1v) is 5.35. The second kappa shape index (κ2) is 4.23. The van der Waals surface area contributed by atoms with Crippen LogP contribution in [0, 0.1) is 0 Å². The summed E-state index contributed by atoms with van der Waals surface area (Å²) >= 11 is 0. The molecule has 0 bridgehead atoms. The highest BCUT2D eigenvalue weighted by Gasteiger charge is 2.29. The van der Waals surface area contributed by atoms with Crippen molar-refractivity contribution in [3.63, 3.8) is 0 Å². The number of aliphatic hydroxyl groups is 1. The summed E-state index contributed by atoms with van der Waals surface area (Å²) in [6.07, 6.45) is 3.05. The van der Waals surface area contributed by atoms with Crippen LogP contribution in [-0.4, -0.2) is 39.5 Å². The lowest BCUT2D eigenvalue weighted by Gasteiger charge is -2.32. The molecule has 1 aliphatic heterocycles.